The molecule has 0 bridgehead atoms. The Morgan fingerprint density at radius 1 is 1.19 bits per heavy atom. The SMILES string of the molecule is CCCCOC1CC(C)CCC1NCCC. The van der Waals surface area contributed by atoms with Gasteiger partial charge < -0.3 is 10.1 Å². The van der Waals surface area contributed by atoms with Gasteiger partial charge in [0, 0.05) is 12.6 Å². The quantitative estimate of drug-likeness (QED) is 0.673. The van der Waals surface area contributed by atoms with E-state index in [4.69, 9.17) is 4.74 Å². The molecule has 0 aliphatic heterocycles. The molecule has 0 aromatic rings. The van der Waals surface area contributed by atoms with Crippen molar-refractivity contribution in [2.24, 2.45) is 5.92 Å². The number of hydrogen-bond donors (Lipinski definition) is 1. The van der Waals surface area contributed by atoms with Gasteiger partial charge in [0.25, 0.3) is 0 Å². The Kier molecular flexibility index (Phi) is 7.06. The van der Waals surface area contributed by atoms with Crippen molar-refractivity contribution in [3.8, 4) is 0 Å². The van der Waals surface area contributed by atoms with Gasteiger partial charge in [-0.25, -0.2) is 0 Å². The number of unbranched alkanes of at least 4 members (excludes halogenated alkanes) is 1. The molecule has 0 aromatic carbocycles. The van der Waals surface area contributed by atoms with Crippen LogP contribution >= 0.6 is 0 Å². The zero-order valence-electron chi connectivity index (χ0n) is 11.3. The Morgan fingerprint density at radius 2 is 2.00 bits per heavy atom. The van der Waals surface area contributed by atoms with Crippen molar-refractivity contribution < 1.29 is 4.74 Å². The van der Waals surface area contributed by atoms with E-state index in [0.29, 0.717) is 12.1 Å². The van der Waals surface area contributed by atoms with E-state index < -0.39 is 0 Å². The summed E-state index contributed by atoms with van der Waals surface area (Å²) in [6, 6.07) is 0.605. The average molecular weight is 227 g/mol. The minimum absolute atomic E-state index is 0.460. The molecule has 96 valence electrons. The first-order valence-electron chi connectivity index (χ1n) is 7.12. The molecule has 0 saturated heterocycles. The average Bonchev–Trinajstić information content (AvgIpc) is 2.28. The molecule has 1 N–H and O–H groups in total. The zero-order chi connectivity index (χ0) is 11.8. The van der Waals surface area contributed by atoms with Crippen LogP contribution < -0.4 is 5.32 Å². The summed E-state index contributed by atoms with van der Waals surface area (Å²) in [5, 5.41) is 3.64. The largest absolute Gasteiger partial charge is 0.377 e. The third-order valence-electron chi connectivity index (χ3n) is 3.54. The maximum Gasteiger partial charge on any atom is 0.0730 e. The van der Waals surface area contributed by atoms with Crippen molar-refractivity contribution in [2.75, 3.05) is 13.2 Å². The van der Waals surface area contributed by atoms with Gasteiger partial charge >= 0.3 is 0 Å². The molecule has 1 fully saturated rings. The first kappa shape index (κ1) is 14.0. The van der Waals surface area contributed by atoms with Crippen LogP contribution in [0.5, 0.6) is 0 Å². The van der Waals surface area contributed by atoms with Gasteiger partial charge in [-0.3, -0.25) is 0 Å². The monoisotopic (exact) mass is 227 g/mol. The highest BCUT2D eigenvalue weighted by Crippen LogP contribution is 2.26. The molecule has 0 aromatic heterocycles. The molecule has 0 amide bonds. The summed E-state index contributed by atoms with van der Waals surface area (Å²) in [5.41, 5.74) is 0. The molecule has 0 radical (unpaired) electrons. The van der Waals surface area contributed by atoms with E-state index in [1.807, 2.05) is 0 Å². The van der Waals surface area contributed by atoms with Gasteiger partial charge in [-0.05, 0) is 44.6 Å². The van der Waals surface area contributed by atoms with Gasteiger partial charge in [0.15, 0.2) is 0 Å². The minimum Gasteiger partial charge on any atom is -0.377 e. The summed E-state index contributed by atoms with van der Waals surface area (Å²) in [4.78, 5) is 0. The summed E-state index contributed by atoms with van der Waals surface area (Å²) in [6.45, 7) is 8.88. The second-order valence-electron chi connectivity index (χ2n) is 5.24. The Labute approximate surface area is 101 Å². The molecule has 3 unspecified atom stereocenters. The standard InChI is InChI=1S/C14H29NO/c1-4-6-10-16-14-11-12(3)7-8-13(14)15-9-5-2/h12-15H,4-11H2,1-3H3. The highest BCUT2D eigenvalue weighted by molar-refractivity contribution is 4.84. The molecule has 2 heteroatoms. The Hall–Kier alpha value is -0.0800. The van der Waals surface area contributed by atoms with Gasteiger partial charge in [-0.2, -0.15) is 0 Å². The van der Waals surface area contributed by atoms with E-state index in [1.165, 1.54) is 38.5 Å². The van der Waals surface area contributed by atoms with Crippen LogP contribution in [0.15, 0.2) is 0 Å². The van der Waals surface area contributed by atoms with Crippen molar-refractivity contribution in [2.45, 2.75) is 71.4 Å². The van der Waals surface area contributed by atoms with Crippen LogP contribution in [0.3, 0.4) is 0 Å². The number of hydrogen-bond acceptors (Lipinski definition) is 2. The maximum absolute atomic E-state index is 6.04. The summed E-state index contributed by atoms with van der Waals surface area (Å²) in [7, 11) is 0. The third kappa shape index (κ3) is 4.84. The molecule has 0 heterocycles. The van der Waals surface area contributed by atoms with Crippen LogP contribution in [-0.4, -0.2) is 25.3 Å². The highest BCUT2D eigenvalue weighted by Gasteiger charge is 2.28. The van der Waals surface area contributed by atoms with E-state index in [0.717, 1.165) is 19.1 Å². The summed E-state index contributed by atoms with van der Waals surface area (Å²) < 4.78 is 6.04. The minimum atomic E-state index is 0.460. The third-order valence-corrected chi connectivity index (χ3v) is 3.54. The lowest BCUT2D eigenvalue weighted by atomic mass is 9.85. The maximum atomic E-state index is 6.04. The second-order valence-corrected chi connectivity index (χ2v) is 5.24. The topological polar surface area (TPSA) is 21.3 Å². The Morgan fingerprint density at radius 3 is 2.69 bits per heavy atom. The molecule has 1 aliphatic carbocycles. The first-order valence-corrected chi connectivity index (χ1v) is 7.12. The van der Waals surface area contributed by atoms with Crippen molar-refractivity contribution in [1.29, 1.82) is 0 Å². The van der Waals surface area contributed by atoms with Crippen LogP contribution in [0.1, 0.15) is 59.3 Å². The van der Waals surface area contributed by atoms with Crippen molar-refractivity contribution in [1.82, 2.24) is 5.32 Å². The van der Waals surface area contributed by atoms with Crippen LogP contribution in [-0.2, 0) is 4.74 Å². The number of nitrogens with one attached hydrogen (secondary N) is 1. The fourth-order valence-corrected chi connectivity index (χ4v) is 2.46. The number of ether oxygens (including phenoxy) is 1. The molecule has 1 aliphatic rings. The van der Waals surface area contributed by atoms with Crippen molar-refractivity contribution >= 4 is 0 Å². The van der Waals surface area contributed by atoms with E-state index in [1.54, 1.807) is 0 Å². The van der Waals surface area contributed by atoms with Gasteiger partial charge in [-0.15, -0.1) is 0 Å². The van der Waals surface area contributed by atoms with Crippen molar-refractivity contribution in [3.05, 3.63) is 0 Å². The Bertz CT molecular complexity index is 170. The predicted octanol–water partition coefficient (Wildman–Crippen LogP) is 3.36. The van der Waals surface area contributed by atoms with Crippen LogP contribution in [0.2, 0.25) is 0 Å². The lowest BCUT2D eigenvalue weighted by Gasteiger charge is -2.35. The predicted molar refractivity (Wildman–Crippen MR) is 69.7 cm³/mol. The zero-order valence-corrected chi connectivity index (χ0v) is 11.3. The normalized spacial score (nSPS) is 30.6. The van der Waals surface area contributed by atoms with Crippen molar-refractivity contribution in [3.63, 3.8) is 0 Å². The lowest BCUT2D eigenvalue weighted by molar-refractivity contribution is -0.00854. The fourth-order valence-electron chi connectivity index (χ4n) is 2.46. The smallest absolute Gasteiger partial charge is 0.0730 e. The summed E-state index contributed by atoms with van der Waals surface area (Å²) >= 11 is 0. The first-order chi connectivity index (χ1) is 7.77. The van der Waals surface area contributed by atoms with Gasteiger partial charge in [0.05, 0.1) is 6.10 Å². The van der Waals surface area contributed by atoms with Crippen LogP contribution in [0.4, 0.5) is 0 Å². The van der Waals surface area contributed by atoms with E-state index in [9.17, 15) is 0 Å². The molecule has 3 atom stereocenters. The second kappa shape index (κ2) is 8.08. The highest BCUT2D eigenvalue weighted by atomic mass is 16.5. The lowest BCUT2D eigenvalue weighted by Crippen LogP contribution is -2.45. The summed E-state index contributed by atoms with van der Waals surface area (Å²) in [6.07, 6.45) is 7.99. The molecular weight excluding hydrogens is 198 g/mol. The molecule has 0 spiro atoms. The van der Waals surface area contributed by atoms with Gasteiger partial charge in [-0.1, -0.05) is 27.2 Å². The van der Waals surface area contributed by atoms with E-state index in [-0.39, 0.29) is 0 Å². The molecule has 1 rings (SSSR count). The van der Waals surface area contributed by atoms with Gasteiger partial charge in [0.2, 0.25) is 0 Å². The molecule has 1 saturated carbocycles. The van der Waals surface area contributed by atoms with Crippen LogP contribution in [0.25, 0.3) is 0 Å². The molecule has 2 nitrogen and oxygen atoms in total. The number of rotatable bonds is 7. The summed E-state index contributed by atoms with van der Waals surface area (Å²) in [5.74, 6) is 0.839. The van der Waals surface area contributed by atoms with Crippen LogP contribution in [0, 0.1) is 5.92 Å². The van der Waals surface area contributed by atoms with E-state index in [2.05, 4.69) is 26.1 Å². The van der Waals surface area contributed by atoms with Gasteiger partial charge in [0.1, 0.15) is 0 Å². The fraction of sp³-hybridized carbons (Fsp3) is 1.00. The molecular formula is C14H29NO. The van der Waals surface area contributed by atoms with E-state index >= 15 is 0 Å². The molecule has 16 heavy (non-hydrogen) atoms. The Balaban J connectivity index is 2.32.